The van der Waals surface area contributed by atoms with Crippen LogP contribution in [0.3, 0.4) is 0 Å². The number of benzene rings is 2. The number of fused-ring (bicyclic) bond motifs is 1. The molecule has 134 valence electrons. The maximum absolute atomic E-state index is 12.5. The van der Waals surface area contributed by atoms with Gasteiger partial charge in [-0.25, -0.2) is 4.79 Å². The molecule has 5 heteroatoms. The maximum Gasteiger partial charge on any atom is 0.349 e. The van der Waals surface area contributed by atoms with Crippen molar-refractivity contribution in [3.05, 3.63) is 80.7 Å². The third-order valence-electron chi connectivity index (χ3n) is 4.39. The molecule has 3 rings (SSSR count). The summed E-state index contributed by atoms with van der Waals surface area (Å²) in [6, 6.07) is 14.3. The van der Waals surface area contributed by atoms with E-state index in [0.29, 0.717) is 21.9 Å². The van der Waals surface area contributed by atoms with Crippen LogP contribution in [-0.2, 0) is 0 Å². The van der Waals surface area contributed by atoms with E-state index in [4.69, 9.17) is 16.0 Å². The number of carbonyl (C=O) groups is 1. The lowest BCUT2D eigenvalue weighted by Gasteiger charge is -2.15. The lowest BCUT2D eigenvalue weighted by atomic mass is 9.99. The van der Waals surface area contributed by atoms with Gasteiger partial charge in [0.1, 0.15) is 11.1 Å². The first kappa shape index (κ1) is 18.2. The molecule has 0 spiro atoms. The van der Waals surface area contributed by atoms with Crippen LogP contribution < -0.4 is 10.9 Å². The number of amides is 1. The molecule has 1 unspecified atom stereocenters. The SMILES string of the molecule is CC(C)c1ccc(C(C)NC(=O)c2cc3cc(Cl)ccc3oc2=O)cc1. The zero-order valence-corrected chi connectivity index (χ0v) is 15.6. The summed E-state index contributed by atoms with van der Waals surface area (Å²) in [5, 5.41) is 3.97. The molecular formula is C21H20ClNO3. The topological polar surface area (TPSA) is 59.3 Å². The van der Waals surface area contributed by atoms with Crippen molar-refractivity contribution in [2.45, 2.75) is 32.7 Å². The molecule has 0 fully saturated rings. The molecule has 1 aromatic heterocycles. The Labute approximate surface area is 156 Å². The fourth-order valence-electron chi connectivity index (χ4n) is 2.78. The summed E-state index contributed by atoms with van der Waals surface area (Å²) in [6.07, 6.45) is 0. The van der Waals surface area contributed by atoms with E-state index in [1.165, 1.54) is 11.6 Å². The maximum atomic E-state index is 12.5. The van der Waals surface area contributed by atoms with E-state index < -0.39 is 11.5 Å². The monoisotopic (exact) mass is 369 g/mol. The van der Waals surface area contributed by atoms with Gasteiger partial charge < -0.3 is 9.73 Å². The van der Waals surface area contributed by atoms with Gasteiger partial charge in [-0.05, 0) is 48.2 Å². The summed E-state index contributed by atoms with van der Waals surface area (Å²) < 4.78 is 5.22. The van der Waals surface area contributed by atoms with Gasteiger partial charge in [0.25, 0.3) is 5.91 Å². The zero-order chi connectivity index (χ0) is 18.8. The smallest absolute Gasteiger partial charge is 0.349 e. The third-order valence-corrected chi connectivity index (χ3v) is 4.62. The van der Waals surface area contributed by atoms with E-state index in [2.05, 4.69) is 31.3 Å². The van der Waals surface area contributed by atoms with Crippen LogP contribution in [0.5, 0.6) is 0 Å². The first-order chi connectivity index (χ1) is 12.3. The van der Waals surface area contributed by atoms with E-state index in [9.17, 15) is 9.59 Å². The molecule has 0 saturated heterocycles. The fourth-order valence-corrected chi connectivity index (χ4v) is 2.96. The largest absolute Gasteiger partial charge is 0.422 e. The van der Waals surface area contributed by atoms with Crippen LogP contribution in [-0.4, -0.2) is 5.91 Å². The summed E-state index contributed by atoms with van der Waals surface area (Å²) in [4.78, 5) is 24.7. The number of carbonyl (C=O) groups excluding carboxylic acids is 1. The highest BCUT2D eigenvalue weighted by Gasteiger charge is 2.17. The van der Waals surface area contributed by atoms with Crippen LogP contribution in [0.1, 0.15) is 54.2 Å². The predicted molar refractivity (Wildman–Crippen MR) is 104 cm³/mol. The van der Waals surface area contributed by atoms with Crippen LogP contribution in [0.15, 0.2) is 57.7 Å². The Hall–Kier alpha value is -2.59. The average molecular weight is 370 g/mol. The minimum atomic E-state index is -0.667. The second-order valence-corrected chi connectivity index (χ2v) is 7.08. The minimum Gasteiger partial charge on any atom is -0.422 e. The highest BCUT2D eigenvalue weighted by Crippen LogP contribution is 2.21. The molecular weight excluding hydrogens is 350 g/mol. The summed E-state index contributed by atoms with van der Waals surface area (Å²) in [5.74, 6) is -0.0240. The molecule has 0 radical (unpaired) electrons. The van der Waals surface area contributed by atoms with Crippen LogP contribution in [0, 0.1) is 0 Å². The number of halogens is 1. The van der Waals surface area contributed by atoms with Crippen molar-refractivity contribution < 1.29 is 9.21 Å². The second kappa shape index (κ2) is 7.34. The summed E-state index contributed by atoms with van der Waals surface area (Å²) in [5.41, 5.74) is 1.90. The molecule has 1 N–H and O–H groups in total. The van der Waals surface area contributed by atoms with E-state index >= 15 is 0 Å². The van der Waals surface area contributed by atoms with Crippen molar-refractivity contribution in [3.8, 4) is 0 Å². The summed E-state index contributed by atoms with van der Waals surface area (Å²) in [7, 11) is 0. The minimum absolute atomic E-state index is 0.0367. The average Bonchev–Trinajstić information content (AvgIpc) is 2.61. The van der Waals surface area contributed by atoms with Crippen molar-refractivity contribution in [1.82, 2.24) is 5.32 Å². The van der Waals surface area contributed by atoms with E-state index in [1.807, 2.05) is 19.1 Å². The van der Waals surface area contributed by atoms with Gasteiger partial charge in [0, 0.05) is 10.4 Å². The van der Waals surface area contributed by atoms with Crippen molar-refractivity contribution in [2.75, 3.05) is 0 Å². The van der Waals surface area contributed by atoms with Gasteiger partial charge in [0.2, 0.25) is 0 Å². The van der Waals surface area contributed by atoms with Crippen LogP contribution in [0.25, 0.3) is 11.0 Å². The Bertz CT molecular complexity index is 1010. The van der Waals surface area contributed by atoms with Crippen molar-refractivity contribution in [3.63, 3.8) is 0 Å². The van der Waals surface area contributed by atoms with Gasteiger partial charge in [-0.15, -0.1) is 0 Å². The molecule has 0 saturated carbocycles. The summed E-state index contributed by atoms with van der Waals surface area (Å²) >= 11 is 5.97. The van der Waals surface area contributed by atoms with Crippen LogP contribution in [0.2, 0.25) is 5.02 Å². The van der Waals surface area contributed by atoms with E-state index in [0.717, 1.165) is 5.56 Å². The standard InChI is InChI=1S/C21H20ClNO3/c1-12(2)14-4-6-15(7-5-14)13(3)23-20(24)18-11-16-10-17(22)8-9-19(16)26-21(18)25/h4-13H,1-3H3,(H,23,24). The first-order valence-electron chi connectivity index (χ1n) is 8.49. The number of rotatable bonds is 4. The van der Waals surface area contributed by atoms with Crippen molar-refractivity contribution in [1.29, 1.82) is 0 Å². The predicted octanol–water partition coefficient (Wildman–Crippen LogP) is 5.06. The number of hydrogen-bond acceptors (Lipinski definition) is 3. The Morgan fingerprint density at radius 1 is 1.00 bits per heavy atom. The van der Waals surface area contributed by atoms with Gasteiger partial charge in [-0.1, -0.05) is 49.7 Å². The van der Waals surface area contributed by atoms with Crippen molar-refractivity contribution in [2.24, 2.45) is 0 Å². The van der Waals surface area contributed by atoms with E-state index in [1.54, 1.807) is 18.2 Å². The molecule has 3 aromatic rings. The van der Waals surface area contributed by atoms with Gasteiger partial charge in [0.05, 0.1) is 6.04 Å². The molecule has 1 atom stereocenters. The molecule has 1 heterocycles. The second-order valence-electron chi connectivity index (χ2n) is 6.65. The van der Waals surface area contributed by atoms with Gasteiger partial charge in [0.15, 0.2) is 0 Å². The fraction of sp³-hybridized carbons (Fsp3) is 0.238. The summed E-state index contributed by atoms with van der Waals surface area (Å²) in [6.45, 7) is 6.14. The van der Waals surface area contributed by atoms with Gasteiger partial charge in [-0.3, -0.25) is 4.79 Å². The molecule has 26 heavy (non-hydrogen) atoms. The lowest BCUT2D eigenvalue weighted by Crippen LogP contribution is -2.30. The molecule has 2 aromatic carbocycles. The molecule has 0 aliphatic rings. The Morgan fingerprint density at radius 3 is 2.31 bits per heavy atom. The van der Waals surface area contributed by atoms with Gasteiger partial charge in [-0.2, -0.15) is 0 Å². The number of hydrogen-bond donors (Lipinski definition) is 1. The highest BCUT2D eigenvalue weighted by molar-refractivity contribution is 6.31. The molecule has 0 aliphatic carbocycles. The van der Waals surface area contributed by atoms with Crippen LogP contribution in [0.4, 0.5) is 0 Å². The Morgan fingerprint density at radius 2 is 1.65 bits per heavy atom. The van der Waals surface area contributed by atoms with Crippen LogP contribution >= 0.6 is 11.6 Å². The Balaban J connectivity index is 1.84. The lowest BCUT2D eigenvalue weighted by molar-refractivity contribution is 0.0936. The third kappa shape index (κ3) is 3.81. The first-order valence-corrected chi connectivity index (χ1v) is 8.87. The van der Waals surface area contributed by atoms with Gasteiger partial charge >= 0.3 is 5.63 Å². The van der Waals surface area contributed by atoms with E-state index in [-0.39, 0.29) is 11.6 Å². The Kier molecular flexibility index (Phi) is 5.14. The molecule has 0 aliphatic heterocycles. The number of nitrogens with one attached hydrogen (secondary N) is 1. The van der Waals surface area contributed by atoms with Crippen molar-refractivity contribution >= 4 is 28.5 Å². The highest BCUT2D eigenvalue weighted by atomic mass is 35.5. The molecule has 1 amide bonds. The molecule has 4 nitrogen and oxygen atoms in total. The molecule has 0 bridgehead atoms. The zero-order valence-electron chi connectivity index (χ0n) is 14.9. The quantitative estimate of drug-likeness (QED) is 0.654. The normalized spacial score (nSPS) is 12.3.